The molecule has 0 aromatic carbocycles. The Balaban J connectivity index is 1.52. The molecule has 3 heterocycles. The van der Waals surface area contributed by atoms with Gasteiger partial charge >= 0.3 is 0 Å². The fourth-order valence-corrected chi connectivity index (χ4v) is 3.42. The van der Waals surface area contributed by atoms with E-state index in [2.05, 4.69) is 42.7 Å². The first kappa shape index (κ1) is 21.3. The normalized spacial score (nSPS) is 10.9. The van der Waals surface area contributed by atoms with Crippen molar-refractivity contribution in [1.29, 1.82) is 0 Å². The summed E-state index contributed by atoms with van der Waals surface area (Å²) in [6, 6.07) is 3.51. The molecule has 3 aromatic heterocycles. The highest BCUT2D eigenvalue weighted by Crippen LogP contribution is 2.22. The molecule has 0 radical (unpaired) electrons. The molecule has 0 saturated heterocycles. The largest absolute Gasteiger partial charge is 0.477 e. The van der Waals surface area contributed by atoms with E-state index in [1.165, 1.54) is 0 Å². The highest BCUT2D eigenvalue weighted by atomic mass is 79.9. The van der Waals surface area contributed by atoms with Gasteiger partial charge in [-0.3, -0.25) is 9.89 Å². The third kappa shape index (κ3) is 5.13. The van der Waals surface area contributed by atoms with Crippen LogP contribution in [0.2, 0.25) is 5.02 Å². The van der Waals surface area contributed by atoms with Crippen LogP contribution >= 0.6 is 27.5 Å². The van der Waals surface area contributed by atoms with Gasteiger partial charge in [0, 0.05) is 30.2 Å². The molecule has 0 aliphatic heterocycles. The van der Waals surface area contributed by atoms with Gasteiger partial charge in [0.15, 0.2) is 0 Å². The van der Waals surface area contributed by atoms with Crippen LogP contribution < -0.4 is 4.74 Å². The predicted octanol–water partition coefficient (Wildman–Crippen LogP) is 4.73. The lowest BCUT2D eigenvalue weighted by Gasteiger charge is -2.20. The molecule has 0 saturated carbocycles. The lowest BCUT2D eigenvalue weighted by Crippen LogP contribution is -2.32. The quantitative estimate of drug-likeness (QED) is 0.449. The fraction of sp³-hybridized carbons (Fsp3) is 0.300. The first-order valence-electron chi connectivity index (χ1n) is 9.23. The molecule has 0 unspecified atom stereocenters. The number of nitrogens with one attached hydrogen (secondary N) is 1. The standard InChI is InChI=1S/C20H21BrClN5O2/c1-3-13-9-14(22)11-24-19(13)29-8-6-5-7-27(4-2)20(28)16-10-15-17(12-23-16)25-26-18(15)21/h3,9-12H,1,4-8H2,2H3,(H,25,26). The maximum atomic E-state index is 12.8. The molecule has 0 fully saturated rings. The van der Waals surface area contributed by atoms with E-state index in [1.54, 1.807) is 35.5 Å². The van der Waals surface area contributed by atoms with E-state index in [0.29, 0.717) is 41.8 Å². The number of hydrogen-bond acceptors (Lipinski definition) is 5. The second-order valence-electron chi connectivity index (χ2n) is 6.32. The molecule has 3 aromatic rings. The smallest absolute Gasteiger partial charge is 0.272 e. The van der Waals surface area contributed by atoms with Crippen LogP contribution in [0.5, 0.6) is 5.88 Å². The Morgan fingerprint density at radius 2 is 2.17 bits per heavy atom. The van der Waals surface area contributed by atoms with Crippen molar-refractivity contribution in [3.8, 4) is 5.88 Å². The number of aromatic nitrogens is 4. The van der Waals surface area contributed by atoms with Crippen molar-refractivity contribution in [1.82, 2.24) is 25.1 Å². The van der Waals surface area contributed by atoms with Crippen molar-refractivity contribution in [3.63, 3.8) is 0 Å². The van der Waals surface area contributed by atoms with Crippen molar-refractivity contribution in [2.45, 2.75) is 19.8 Å². The summed E-state index contributed by atoms with van der Waals surface area (Å²) < 4.78 is 6.46. The van der Waals surface area contributed by atoms with Gasteiger partial charge in [0.2, 0.25) is 5.88 Å². The number of H-pyrrole nitrogens is 1. The molecule has 0 atom stereocenters. The average molecular weight is 479 g/mol. The Bertz CT molecular complexity index is 1020. The van der Waals surface area contributed by atoms with Gasteiger partial charge in [-0.25, -0.2) is 9.97 Å². The number of ether oxygens (including phenoxy) is 1. The van der Waals surface area contributed by atoms with Crippen LogP contribution in [0.3, 0.4) is 0 Å². The summed E-state index contributed by atoms with van der Waals surface area (Å²) in [6.07, 6.45) is 6.39. The maximum absolute atomic E-state index is 12.8. The summed E-state index contributed by atoms with van der Waals surface area (Å²) in [5.41, 5.74) is 1.87. The molecular formula is C20H21BrClN5O2. The zero-order valence-corrected chi connectivity index (χ0v) is 18.3. The number of hydrogen-bond donors (Lipinski definition) is 1. The van der Waals surface area contributed by atoms with Gasteiger partial charge in [-0.05, 0) is 47.8 Å². The van der Waals surface area contributed by atoms with Crippen LogP contribution in [0.1, 0.15) is 35.8 Å². The number of halogens is 2. The van der Waals surface area contributed by atoms with E-state index in [0.717, 1.165) is 28.4 Å². The van der Waals surface area contributed by atoms with E-state index in [9.17, 15) is 4.79 Å². The summed E-state index contributed by atoms with van der Waals surface area (Å²) in [4.78, 5) is 23.0. The molecule has 0 bridgehead atoms. The number of carbonyl (C=O) groups is 1. The van der Waals surface area contributed by atoms with Crippen molar-refractivity contribution in [3.05, 3.63) is 52.0 Å². The van der Waals surface area contributed by atoms with Crippen LogP contribution in [0.25, 0.3) is 17.0 Å². The molecule has 0 spiro atoms. The van der Waals surface area contributed by atoms with E-state index in [4.69, 9.17) is 16.3 Å². The summed E-state index contributed by atoms with van der Waals surface area (Å²) in [7, 11) is 0. The zero-order chi connectivity index (χ0) is 20.8. The Labute approximate surface area is 182 Å². The summed E-state index contributed by atoms with van der Waals surface area (Å²) in [5, 5.41) is 8.31. The van der Waals surface area contributed by atoms with E-state index in [1.807, 2.05) is 6.92 Å². The highest BCUT2D eigenvalue weighted by Gasteiger charge is 2.17. The molecule has 3 rings (SSSR count). The van der Waals surface area contributed by atoms with E-state index in [-0.39, 0.29) is 5.91 Å². The van der Waals surface area contributed by atoms with Crippen molar-refractivity contribution in [2.75, 3.05) is 19.7 Å². The molecular weight excluding hydrogens is 458 g/mol. The Kier molecular flexibility index (Phi) is 7.22. The topological polar surface area (TPSA) is 84.0 Å². The second-order valence-corrected chi connectivity index (χ2v) is 7.55. The number of unbranched alkanes of at least 4 members (excludes halogenated alkanes) is 1. The second kappa shape index (κ2) is 9.84. The fourth-order valence-electron chi connectivity index (χ4n) is 2.85. The molecule has 29 heavy (non-hydrogen) atoms. The van der Waals surface area contributed by atoms with E-state index < -0.39 is 0 Å². The monoisotopic (exact) mass is 477 g/mol. The number of carbonyl (C=O) groups excluding carboxylic acids is 1. The van der Waals surface area contributed by atoms with Gasteiger partial charge in [0.1, 0.15) is 15.8 Å². The Morgan fingerprint density at radius 3 is 2.93 bits per heavy atom. The van der Waals surface area contributed by atoms with Crippen LogP contribution in [0, 0.1) is 0 Å². The lowest BCUT2D eigenvalue weighted by molar-refractivity contribution is 0.0754. The molecule has 0 aliphatic rings. The van der Waals surface area contributed by atoms with Crippen LogP contribution in [-0.4, -0.2) is 50.7 Å². The predicted molar refractivity (Wildman–Crippen MR) is 117 cm³/mol. The molecule has 152 valence electrons. The SMILES string of the molecule is C=Cc1cc(Cl)cnc1OCCCCN(CC)C(=O)c1cc2c(Br)[nH]nc2cn1. The van der Waals surface area contributed by atoms with Crippen LogP contribution in [-0.2, 0) is 0 Å². The number of nitrogens with zero attached hydrogens (tertiary/aromatic N) is 4. The van der Waals surface area contributed by atoms with Crippen molar-refractivity contribution >= 4 is 50.4 Å². The maximum Gasteiger partial charge on any atom is 0.272 e. The Hall–Kier alpha value is -2.45. The molecule has 0 aliphatic carbocycles. The first-order valence-corrected chi connectivity index (χ1v) is 10.4. The van der Waals surface area contributed by atoms with Gasteiger partial charge in [-0.1, -0.05) is 24.3 Å². The van der Waals surface area contributed by atoms with E-state index >= 15 is 0 Å². The molecule has 7 nitrogen and oxygen atoms in total. The number of fused-ring (bicyclic) bond motifs is 1. The number of amides is 1. The van der Waals surface area contributed by atoms with Gasteiger partial charge in [0.25, 0.3) is 5.91 Å². The average Bonchev–Trinajstić information content (AvgIpc) is 3.11. The van der Waals surface area contributed by atoms with Crippen LogP contribution in [0.4, 0.5) is 0 Å². The molecule has 1 amide bonds. The van der Waals surface area contributed by atoms with Crippen molar-refractivity contribution < 1.29 is 9.53 Å². The minimum atomic E-state index is -0.100. The third-order valence-electron chi connectivity index (χ3n) is 4.41. The summed E-state index contributed by atoms with van der Waals surface area (Å²) >= 11 is 9.32. The van der Waals surface area contributed by atoms with Crippen LogP contribution in [0.15, 0.2) is 35.7 Å². The number of aromatic amines is 1. The first-order chi connectivity index (χ1) is 14.0. The van der Waals surface area contributed by atoms with Gasteiger partial charge in [0.05, 0.1) is 17.8 Å². The summed E-state index contributed by atoms with van der Waals surface area (Å²) in [5.74, 6) is 0.410. The van der Waals surface area contributed by atoms with Gasteiger partial charge in [-0.2, -0.15) is 5.10 Å². The third-order valence-corrected chi connectivity index (χ3v) is 5.22. The molecule has 1 N–H and O–H groups in total. The minimum Gasteiger partial charge on any atom is -0.477 e. The zero-order valence-electron chi connectivity index (χ0n) is 16.0. The Morgan fingerprint density at radius 1 is 1.34 bits per heavy atom. The number of rotatable bonds is 9. The highest BCUT2D eigenvalue weighted by molar-refractivity contribution is 9.10. The van der Waals surface area contributed by atoms with Gasteiger partial charge in [-0.15, -0.1) is 0 Å². The van der Waals surface area contributed by atoms with Gasteiger partial charge < -0.3 is 9.64 Å². The minimum absolute atomic E-state index is 0.100. The number of pyridine rings is 2. The van der Waals surface area contributed by atoms with Crippen molar-refractivity contribution in [2.24, 2.45) is 0 Å². The lowest BCUT2D eigenvalue weighted by atomic mass is 10.2. The summed E-state index contributed by atoms with van der Waals surface area (Å²) in [6.45, 7) is 7.41. The molecule has 9 heteroatoms.